The van der Waals surface area contributed by atoms with E-state index in [1.165, 1.54) is 28.4 Å². The molecule has 13 heavy (non-hydrogen) atoms. The lowest BCUT2D eigenvalue weighted by Gasteiger charge is -2.13. The summed E-state index contributed by atoms with van der Waals surface area (Å²) in [5.41, 5.74) is 2.74. The molecule has 70 valence electrons. The molecule has 2 rings (SSSR count). The maximum atomic E-state index is 3.65. The third-order valence-electron chi connectivity index (χ3n) is 2.66. The van der Waals surface area contributed by atoms with E-state index in [1.807, 2.05) is 0 Å². The van der Waals surface area contributed by atoms with Crippen LogP contribution in [0.4, 0.5) is 0 Å². The van der Waals surface area contributed by atoms with Gasteiger partial charge in [-0.25, -0.2) is 0 Å². The van der Waals surface area contributed by atoms with Crippen molar-refractivity contribution in [1.29, 1.82) is 0 Å². The second-order valence-electron chi connectivity index (χ2n) is 3.63. The molecule has 1 saturated heterocycles. The summed E-state index contributed by atoms with van der Waals surface area (Å²) in [6.45, 7) is 3.30. The SMILES string of the molecule is Cc1cccc([C@@H]2CCCN2)c1Br. The molecule has 1 heterocycles. The van der Waals surface area contributed by atoms with Crippen molar-refractivity contribution in [3.63, 3.8) is 0 Å². The first-order valence-corrected chi connectivity index (χ1v) is 5.57. The van der Waals surface area contributed by atoms with E-state index in [-0.39, 0.29) is 0 Å². The summed E-state index contributed by atoms with van der Waals surface area (Å²) in [6, 6.07) is 7.05. The van der Waals surface area contributed by atoms with E-state index >= 15 is 0 Å². The van der Waals surface area contributed by atoms with Crippen molar-refractivity contribution in [2.75, 3.05) is 6.54 Å². The van der Waals surface area contributed by atoms with E-state index < -0.39 is 0 Å². The number of hydrogen-bond acceptors (Lipinski definition) is 1. The van der Waals surface area contributed by atoms with E-state index in [0.717, 1.165) is 6.54 Å². The van der Waals surface area contributed by atoms with Crippen LogP contribution in [-0.4, -0.2) is 6.54 Å². The molecule has 0 bridgehead atoms. The molecule has 1 aliphatic heterocycles. The normalized spacial score (nSPS) is 22.2. The third kappa shape index (κ3) is 1.79. The van der Waals surface area contributed by atoms with Gasteiger partial charge in [-0.3, -0.25) is 0 Å². The van der Waals surface area contributed by atoms with E-state index in [1.54, 1.807) is 0 Å². The zero-order chi connectivity index (χ0) is 9.26. The van der Waals surface area contributed by atoms with Crippen molar-refractivity contribution in [2.45, 2.75) is 25.8 Å². The van der Waals surface area contributed by atoms with Crippen LogP contribution in [0.3, 0.4) is 0 Å². The Morgan fingerprint density at radius 3 is 3.00 bits per heavy atom. The Labute approximate surface area is 87.7 Å². The Morgan fingerprint density at radius 1 is 1.46 bits per heavy atom. The second-order valence-corrected chi connectivity index (χ2v) is 4.42. The van der Waals surface area contributed by atoms with Gasteiger partial charge in [0.05, 0.1) is 0 Å². The Balaban J connectivity index is 2.33. The zero-order valence-corrected chi connectivity index (χ0v) is 9.39. The van der Waals surface area contributed by atoms with Crippen LogP contribution < -0.4 is 5.32 Å². The highest BCUT2D eigenvalue weighted by molar-refractivity contribution is 9.10. The summed E-state index contributed by atoms with van der Waals surface area (Å²) in [5, 5.41) is 3.51. The number of halogens is 1. The lowest BCUT2D eigenvalue weighted by molar-refractivity contribution is 0.644. The fraction of sp³-hybridized carbons (Fsp3) is 0.455. The van der Waals surface area contributed by atoms with Gasteiger partial charge in [0.15, 0.2) is 0 Å². The molecular formula is C11H14BrN. The Morgan fingerprint density at radius 2 is 2.31 bits per heavy atom. The molecule has 0 amide bonds. The first-order chi connectivity index (χ1) is 6.29. The lowest BCUT2D eigenvalue weighted by atomic mass is 10.0. The number of nitrogens with one attached hydrogen (secondary N) is 1. The zero-order valence-electron chi connectivity index (χ0n) is 7.81. The van der Waals surface area contributed by atoms with Crippen LogP contribution in [0, 0.1) is 6.92 Å². The quantitative estimate of drug-likeness (QED) is 0.794. The molecule has 0 aromatic heterocycles. The predicted molar refractivity (Wildman–Crippen MR) is 58.9 cm³/mol. The summed E-state index contributed by atoms with van der Waals surface area (Å²) >= 11 is 3.65. The minimum Gasteiger partial charge on any atom is -0.310 e. The van der Waals surface area contributed by atoms with Gasteiger partial charge < -0.3 is 5.32 Å². The first-order valence-electron chi connectivity index (χ1n) is 4.77. The van der Waals surface area contributed by atoms with Crippen molar-refractivity contribution in [1.82, 2.24) is 5.32 Å². The molecule has 1 aromatic rings. The number of hydrogen-bond donors (Lipinski definition) is 1. The number of benzene rings is 1. The van der Waals surface area contributed by atoms with E-state index in [9.17, 15) is 0 Å². The van der Waals surface area contributed by atoms with Crippen molar-refractivity contribution in [3.8, 4) is 0 Å². The Hall–Kier alpha value is -0.340. The highest BCUT2D eigenvalue weighted by Crippen LogP contribution is 2.31. The third-order valence-corrected chi connectivity index (χ3v) is 3.74. The van der Waals surface area contributed by atoms with Crippen LogP contribution in [0.2, 0.25) is 0 Å². The molecule has 0 spiro atoms. The molecule has 1 N–H and O–H groups in total. The predicted octanol–water partition coefficient (Wildman–Crippen LogP) is 3.18. The van der Waals surface area contributed by atoms with Crippen molar-refractivity contribution >= 4 is 15.9 Å². The molecular weight excluding hydrogens is 226 g/mol. The minimum atomic E-state index is 0.564. The van der Waals surface area contributed by atoms with E-state index in [2.05, 4.69) is 46.4 Å². The van der Waals surface area contributed by atoms with Crippen LogP contribution in [0.25, 0.3) is 0 Å². The number of rotatable bonds is 1. The average Bonchev–Trinajstić information content (AvgIpc) is 2.62. The molecule has 2 heteroatoms. The van der Waals surface area contributed by atoms with Gasteiger partial charge in [0.2, 0.25) is 0 Å². The molecule has 0 saturated carbocycles. The van der Waals surface area contributed by atoms with Gasteiger partial charge in [-0.1, -0.05) is 34.1 Å². The van der Waals surface area contributed by atoms with E-state index in [0.29, 0.717) is 6.04 Å². The first kappa shape index (κ1) is 9.22. The number of aryl methyl sites for hydroxylation is 1. The van der Waals surface area contributed by atoms with Crippen LogP contribution in [0.15, 0.2) is 22.7 Å². The Kier molecular flexibility index (Phi) is 2.70. The standard InChI is InChI=1S/C11H14BrN/c1-8-4-2-5-9(11(8)12)10-6-3-7-13-10/h2,4-5,10,13H,3,6-7H2,1H3/t10-/m0/s1. The van der Waals surface area contributed by atoms with Crippen molar-refractivity contribution in [3.05, 3.63) is 33.8 Å². The molecule has 1 nitrogen and oxygen atoms in total. The van der Waals surface area contributed by atoms with E-state index in [4.69, 9.17) is 0 Å². The molecule has 0 aliphatic carbocycles. The monoisotopic (exact) mass is 239 g/mol. The van der Waals surface area contributed by atoms with Gasteiger partial charge in [-0.2, -0.15) is 0 Å². The topological polar surface area (TPSA) is 12.0 Å². The summed E-state index contributed by atoms with van der Waals surface area (Å²) in [4.78, 5) is 0. The molecule has 0 radical (unpaired) electrons. The van der Waals surface area contributed by atoms with Crippen LogP contribution in [0.1, 0.15) is 30.0 Å². The lowest BCUT2D eigenvalue weighted by Crippen LogP contribution is -2.13. The summed E-state index contributed by atoms with van der Waals surface area (Å²) < 4.78 is 1.27. The van der Waals surface area contributed by atoms with Crippen LogP contribution >= 0.6 is 15.9 Å². The summed E-state index contributed by atoms with van der Waals surface area (Å²) in [7, 11) is 0. The van der Waals surface area contributed by atoms with Gasteiger partial charge in [-0.05, 0) is 37.4 Å². The maximum Gasteiger partial charge on any atom is 0.0332 e. The minimum absolute atomic E-state index is 0.564. The van der Waals surface area contributed by atoms with Gasteiger partial charge in [0.25, 0.3) is 0 Å². The van der Waals surface area contributed by atoms with Crippen molar-refractivity contribution < 1.29 is 0 Å². The smallest absolute Gasteiger partial charge is 0.0332 e. The summed E-state index contributed by atoms with van der Waals surface area (Å²) in [5.74, 6) is 0. The molecule has 1 atom stereocenters. The molecule has 1 aliphatic rings. The Bertz CT molecular complexity index is 303. The van der Waals surface area contributed by atoms with Gasteiger partial charge in [0, 0.05) is 10.5 Å². The largest absolute Gasteiger partial charge is 0.310 e. The highest BCUT2D eigenvalue weighted by atomic mass is 79.9. The highest BCUT2D eigenvalue weighted by Gasteiger charge is 2.18. The second kappa shape index (κ2) is 3.81. The van der Waals surface area contributed by atoms with Gasteiger partial charge >= 0.3 is 0 Å². The maximum absolute atomic E-state index is 3.65. The average molecular weight is 240 g/mol. The van der Waals surface area contributed by atoms with Gasteiger partial charge in [0.1, 0.15) is 0 Å². The van der Waals surface area contributed by atoms with Crippen LogP contribution in [0.5, 0.6) is 0 Å². The van der Waals surface area contributed by atoms with Crippen LogP contribution in [-0.2, 0) is 0 Å². The van der Waals surface area contributed by atoms with Crippen molar-refractivity contribution in [2.24, 2.45) is 0 Å². The molecule has 1 fully saturated rings. The molecule has 1 aromatic carbocycles. The van der Waals surface area contributed by atoms with Gasteiger partial charge in [-0.15, -0.1) is 0 Å². The summed E-state index contributed by atoms with van der Waals surface area (Å²) in [6.07, 6.45) is 2.56. The fourth-order valence-electron chi connectivity index (χ4n) is 1.89. The molecule has 0 unspecified atom stereocenters. The fourth-order valence-corrected chi connectivity index (χ4v) is 2.43.